The van der Waals surface area contributed by atoms with E-state index < -0.39 is 0 Å². The fraction of sp³-hybridized carbons (Fsp3) is 0.929. The second kappa shape index (κ2) is 6.39. The predicted molar refractivity (Wildman–Crippen MR) is 71.9 cm³/mol. The standard InChI is InChI=1S/C14H28N2O/c1-5-8-14(3,4)16-13(17)10-12-11(2)7-6-9-15-12/h11-12,15H,5-10H2,1-4H3,(H,16,17). The Morgan fingerprint density at radius 3 is 2.76 bits per heavy atom. The molecule has 0 spiro atoms. The summed E-state index contributed by atoms with van der Waals surface area (Å²) >= 11 is 0. The van der Waals surface area contributed by atoms with E-state index in [1.165, 1.54) is 12.8 Å². The SMILES string of the molecule is CCCC(C)(C)NC(=O)CC1NCCCC1C. The zero-order valence-corrected chi connectivity index (χ0v) is 11.8. The Labute approximate surface area is 106 Å². The van der Waals surface area contributed by atoms with Crippen LogP contribution in [0.1, 0.15) is 59.8 Å². The molecule has 1 aliphatic heterocycles. The molecule has 1 heterocycles. The van der Waals surface area contributed by atoms with E-state index in [0.717, 1.165) is 19.4 Å². The lowest BCUT2D eigenvalue weighted by molar-refractivity contribution is -0.123. The Hall–Kier alpha value is -0.570. The molecule has 1 aliphatic rings. The van der Waals surface area contributed by atoms with E-state index in [2.05, 4.69) is 38.3 Å². The Balaban J connectivity index is 2.38. The highest BCUT2D eigenvalue weighted by atomic mass is 16.1. The van der Waals surface area contributed by atoms with E-state index in [1.54, 1.807) is 0 Å². The van der Waals surface area contributed by atoms with Gasteiger partial charge < -0.3 is 10.6 Å². The van der Waals surface area contributed by atoms with Gasteiger partial charge in [0.15, 0.2) is 0 Å². The molecule has 3 nitrogen and oxygen atoms in total. The second-order valence-corrected chi connectivity index (χ2v) is 6.07. The molecule has 0 aromatic heterocycles. The lowest BCUT2D eigenvalue weighted by atomic mass is 9.90. The topological polar surface area (TPSA) is 41.1 Å². The van der Waals surface area contributed by atoms with Crippen molar-refractivity contribution in [1.82, 2.24) is 10.6 Å². The van der Waals surface area contributed by atoms with Crippen molar-refractivity contribution in [3.8, 4) is 0 Å². The van der Waals surface area contributed by atoms with Gasteiger partial charge in [0, 0.05) is 18.0 Å². The zero-order valence-electron chi connectivity index (χ0n) is 11.8. The molecule has 0 aromatic carbocycles. The van der Waals surface area contributed by atoms with Crippen LogP contribution in [-0.2, 0) is 4.79 Å². The maximum absolute atomic E-state index is 12.0. The van der Waals surface area contributed by atoms with Crippen LogP contribution in [0, 0.1) is 5.92 Å². The summed E-state index contributed by atoms with van der Waals surface area (Å²) in [6.07, 6.45) is 5.23. The number of piperidine rings is 1. The van der Waals surface area contributed by atoms with Crippen LogP contribution in [0.4, 0.5) is 0 Å². The van der Waals surface area contributed by atoms with E-state index in [4.69, 9.17) is 0 Å². The van der Waals surface area contributed by atoms with Gasteiger partial charge in [-0.2, -0.15) is 0 Å². The van der Waals surface area contributed by atoms with E-state index in [0.29, 0.717) is 18.4 Å². The fourth-order valence-electron chi connectivity index (χ4n) is 2.70. The van der Waals surface area contributed by atoms with Crippen LogP contribution in [0.15, 0.2) is 0 Å². The molecule has 2 N–H and O–H groups in total. The van der Waals surface area contributed by atoms with Gasteiger partial charge in [-0.15, -0.1) is 0 Å². The Morgan fingerprint density at radius 1 is 1.47 bits per heavy atom. The average Bonchev–Trinajstić information content (AvgIpc) is 2.20. The molecule has 1 amide bonds. The number of hydrogen-bond donors (Lipinski definition) is 2. The molecule has 2 unspecified atom stereocenters. The number of amides is 1. The zero-order chi connectivity index (χ0) is 12.9. The normalized spacial score (nSPS) is 25.6. The molecular weight excluding hydrogens is 212 g/mol. The van der Waals surface area contributed by atoms with Crippen LogP contribution in [0.3, 0.4) is 0 Å². The van der Waals surface area contributed by atoms with Crippen LogP contribution in [0.2, 0.25) is 0 Å². The minimum atomic E-state index is -0.0657. The van der Waals surface area contributed by atoms with Crippen molar-refractivity contribution in [2.45, 2.75) is 71.4 Å². The van der Waals surface area contributed by atoms with Gasteiger partial charge in [0.25, 0.3) is 0 Å². The Morgan fingerprint density at radius 2 is 2.18 bits per heavy atom. The van der Waals surface area contributed by atoms with Crippen LogP contribution in [0.5, 0.6) is 0 Å². The summed E-state index contributed by atoms with van der Waals surface area (Å²) in [7, 11) is 0. The Bertz CT molecular complexity index is 251. The van der Waals surface area contributed by atoms with Crippen LogP contribution < -0.4 is 10.6 Å². The summed E-state index contributed by atoms with van der Waals surface area (Å²) in [5, 5.41) is 6.60. The summed E-state index contributed by atoms with van der Waals surface area (Å²) in [5.41, 5.74) is -0.0657. The van der Waals surface area contributed by atoms with Gasteiger partial charge in [0.05, 0.1) is 0 Å². The van der Waals surface area contributed by atoms with Gasteiger partial charge in [-0.25, -0.2) is 0 Å². The molecule has 0 aromatic rings. The summed E-state index contributed by atoms with van der Waals surface area (Å²) in [6, 6.07) is 0.362. The minimum absolute atomic E-state index is 0.0657. The van der Waals surface area contributed by atoms with Gasteiger partial charge in [0.1, 0.15) is 0 Å². The first kappa shape index (κ1) is 14.5. The third-order valence-electron chi connectivity index (χ3n) is 3.69. The van der Waals surface area contributed by atoms with E-state index in [1.807, 2.05) is 0 Å². The highest BCUT2D eigenvalue weighted by molar-refractivity contribution is 5.77. The lowest BCUT2D eigenvalue weighted by Gasteiger charge is -2.32. The summed E-state index contributed by atoms with van der Waals surface area (Å²) in [5.74, 6) is 0.804. The highest BCUT2D eigenvalue weighted by Gasteiger charge is 2.25. The summed E-state index contributed by atoms with van der Waals surface area (Å²) in [4.78, 5) is 12.0. The first-order valence-electron chi connectivity index (χ1n) is 6.99. The molecule has 0 aliphatic carbocycles. The molecule has 0 saturated carbocycles. The van der Waals surface area contributed by atoms with Crippen molar-refractivity contribution >= 4 is 5.91 Å². The first-order chi connectivity index (χ1) is 7.94. The van der Waals surface area contributed by atoms with E-state index >= 15 is 0 Å². The van der Waals surface area contributed by atoms with Crippen molar-refractivity contribution in [2.24, 2.45) is 5.92 Å². The predicted octanol–water partition coefficient (Wildman–Crippen LogP) is 2.46. The molecule has 17 heavy (non-hydrogen) atoms. The number of carbonyl (C=O) groups excluding carboxylic acids is 1. The molecule has 0 bridgehead atoms. The van der Waals surface area contributed by atoms with Crippen LogP contribution in [0.25, 0.3) is 0 Å². The second-order valence-electron chi connectivity index (χ2n) is 6.07. The molecule has 1 rings (SSSR count). The molecule has 2 atom stereocenters. The molecule has 1 fully saturated rings. The molecule has 100 valence electrons. The van der Waals surface area contributed by atoms with Crippen molar-refractivity contribution in [1.29, 1.82) is 0 Å². The quantitative estimate of drug-likeness (QED) is 0.775. The number of nitrogens with one attached hydrogen (secondary N) is 2. The van der Waals surface area contributed by atoms with Crippen LogP contribution >= 0.6 is 0 Å². The van der Waals surface area contributed by atoms with Gasteiger partial charge >= 0.3 is 0 Å². The maximum atomic E-state index is 12.0. The lowest BCUT2D eigenvalue weighted by Crippen LogP contribution is -2.48. The maximum Gasteiger partial charge on any atom is 0.221 e. The van der Waals surface area contributed by atoms with Crippen molar-refractivity contribution in [3.63, 3.8) is 0 Å². The third-order valence-corrected chi connectivity index (χ3v) is 3.69. The van der Waals surface area contributed by atoms with Gasteiger partial charge in [-0.1, -0.05) is 20.3 Å². The molecule has 1 saturated heterocycles. The molecule has 0 radical (unpaired) electrons. The largest absolute Gasteiger partial charge is 0.351 e. The van der Waals surface area contributed by atoms with Crippen molar-refractivity contribution < 1.29 is 4.79 Å². The molecule has 3 heteroatoms. The number of carbonyl (C=O) groups is 1. The Kier molecular flexibility index (Phi) is 5.44. The van der Waals surface area contributed by atoms with E-state index in [9.17, 15) is 4.79 Å². The molecular formula is C14H28N2O. The summed E-state index contributed by atoms with van der Waals surface area (Å²) in [6.45, 7) is 9.65. The minimum Gasteiger partial charge on any atom is -0.351 e. The van der Waals surface area contributed by atoms with E-state index in [-0.39, 0.29) is 11.4 Å². The number of rotatable bonds is 5. The van der Waals surface area contributed by atoms with Gasteiger partial charge in [-0.3, -0.25) is 4.79 Å². The van der Waals surface area contributed by atoms with Gasteiger partial charge in [0.2, 0.25) is 5.91 Å². The first-order valence-corrected chi connectivity index (χ1v) is 6.99. The van der Waals surface area contributed by atoms with Crippen molar-refractivity contribution in [2.75, 3.05) is 6.54 Å². The smallest absolute Gasteiger partial charge is 0.221 e. The average molecular weight is 240 g/mol. The highest BCUT2D eigenvalue weighted by Crippen LogP contribution is 2.18. The fourth-order valence-corrected chi connectivity index (χ4v) is 2.70. The third kappa shape index (κ3) is 5.07. The van der Waals surface area contributed by atoms with Gasteiger partial charge in [-0.05, 0) is 45.6 Å². The summed E-state index contributed by atoms with van der Waals surface area (Å²) < 4.78 is 0. The number of hydrogen-bond acceptors (Lipinski definition) is 2. The monoisotopic (exact) mass is 240 g/mol. The van der Waals surface area contributed by atoms with Crippen LogP contribution in [-0.4, -0.2) is 24.0 Å². The van der Waals surface area contributed by atoms with Crippen molar-refractivity contribution in [3.05, 3.63) is 0 Å².